The van der Waals surface area contributed by atoms with Crippen LogP contribution in [0, 0.1) is 5.92 Å². The van der Waals surface area contributed by atoms with Crippen molar-refractivity contribution in [1.82, 2.24) is 15.5 Å². The van der Waals surface area contributed by atoms with Gasteiger partial charge in [0.05, 0.1) is 65.9 Å². The summed E-state index contributed by atoms with van der Waals surface area (Å²) in [5.74, 6) is 0.183. The molecule has 0 bridgehead atoms. The number of carbonyl (C=O) groups excluding carboxylic acids is 4. The standard InChI is InChI=1S/C61H72N8O7Si/c1-42-55(77(3,4)50-24-22-49(75-2)23-25-50)53(37-54(71)64-35-11-16-48(64)39-70)76-61(42)51-36-47(67-41-69(46-14-9-6-10-15-46)60(57(67)73)29-33-63-34-30-60)21-26-52(51)65(58(61)74)38-43-17-19-44(20-18-43)66-40-68(45-12-7-5-8-13-45)59(56(66)72)27-31-62-32-28-59/h5-10,12-15,17-26,36,42,48,53,55,62-63,70H,11,16,27-35,37-41H2,1-4H3/t42-,48-,53+,55-,61+/m0/s1. The smallest absolute Gasteiger partial charge is 0.264 e. The molecule has 16 heteroatoms. The Bertz CT molecular complexity index is 3030. The second kappa shape index (κ2) is 20.0. The van der Waals surface area contributed by atoms with Gasteiger partial charge in [0.15, 0.2) is 5.60 Å². The molecule has 7 heterocycles. The number of likely N-dealkylation sites (tertiary alicyclic amines) is 1. The lowest BCUT2D eigenvalue weighted by molar-refractivity contribution is -0.150. The first-order valence-corrected chi connectivity index (χ1v) is 30.9. The molecule has 402 valence electrons. The Balaban J connectivity index is 0.935. The molecule has 6 fully saturated rings. The number of aliphatic hydroxyl groups excluding tert-OH is 1. The lowest BCUT2D eigenvalue weighted by Gasteiger charge is -2.39. The van der Waals surface area contributed by atoms with Crippen molar-refractivity contribution in [2.75, 3.05) is 84.3 Å². The van der Waals surface area contributed by atoms with Gasteiger partial charge in [0, 0.05) is 40.8 Å². The van der Waals surface area contributed by atoms with E-state index in [1.807, 2.05) is 111 Å². The Hall–Kier alpha value is -6.56. The van der Waals surface area contributed by atoms with Crippen LogP contribution >= 0.6 is 0 Å². The van der Waals surface area contributed by atoms with Crippen molar-refractivity contribution >= 4 is 65.3 Å². The van der Waals surface area contributed by atoms with E-state index in [0.717, 1.165) is 72.6 Å². The molecule has 7 aliphatic heterocycles. The van der Waals surface area contributed by atoms with Crippen LogP contribution in [-0.2, 0) is 36.1 Å². The Morgan fingerprint density at radius 3 is 1.83 bits per heavy atom. The lowest BCUT2D eigenvalue weighted by Crippen LogP contribution is -2.55. The number of rotatable bonds is 12. The number of benzene rings is 5. The summed E-state index contributed by atoms with van der Waals surface area (Å²) in [5.41, 5.74) is 2.66. The third-order valence-corrected chi connectivity index (χ3v) is 23.2. The van der Waals surface area contributed by atoms with Gasteiger partial charge in [-0.05, 0) is 143 Å². The SMILES string of the molecule is COc1ccc([Si](C)(C)[C@@H]2[C@@H](CC(=O)N3CCC[C@H]3CO)O[C@]3(C(=O)N(Cc4ccc(N5CN(c6ccccc6)C6(CCNCC6)C5=O)cc4)c4ccc(N5CN(c6ccccc6)C6(CCNCC6)C5=O)cc43)[C@H]2C)cc1. The maximum atomic E-state index is 16.2. The van der Waals surface area contributed by atoms with Crippen molar-refractivity contribution < 1.29 is 33.8 Å². The predicted octanol–water partition coefficient (Wildman–Crippen LogP) is 6.70. The van der Waals surface area contributed by atoms with Crippen LogP contribution in [0.4, 0.5) is 28.4 Å². The minimum atomic E-state index is -2.66. The molecule has 5 atom stereocenters. The summed E-state index contributed by atoms with van der Waals surface area (Å²) in [5, 5.41) is 18.5. The second-order valence-electron chi connectivity index (χ2n) is 23.0. The first kappa shape index (κ1) is 51.2. The quantitative estimate of drug-likeness (QED) is 0.115. The summed E-state index contributed by atoms with van der Waals surface area (Å²) in [7, 11) is -1.00. The topological polar surface area (TPSA) is 150 Å². The summed E-state index contributed by atoms with van der Waals surface area (Å²) in [6.07, 6.45) is 3.71. The van der Waals surface area contributed by atoms with Crippen LogP contribution in [0.2, 0.25) is 18.6 Å². The second-order valence-corrected chi connectivity index (χ2v) is 27.7. The third-order valence-electron chi connectivity index (χ3n) is 18.9. The fraction of sp³-hybridized carbons (Fsp3) is 0.443. The summed E-state index contributed by atoms with van der Waals surface area (Å²) >= 11 is 0. The molecule has 5 aromatic rings. The van der Waals surface area contributed by atoms with Crippen LogP contribution in [0.3, 0.4) is 0 Å². The molecule has 6 saturated heterocycles. The van der Waals surface area contributed by atoms with Crippen molar-refractivity contribution in [2.24, 2.45) is 5.92 Å². The number of hydrogen-bond acceptors (Lipinski definition) is 11. The van der Waals surface area contributed by atoms with Gasteiger partial charge in [-0.2, -0.15) is 0 Å². The molecule has 0 unspecified atom stereocenters. The fourth-order valence-corrected chi connectivity index (χ4v) is 18.8. The van der Waals surface area contributed by atoms with Crippen molar-refractivity contribution in [1.29, 1.82) is 0 Å². The number of carbonyl (C=O) groups is 4. The number of para-hydroxylation sites is 2. The van der Waals surface area contributed by atoms with E-state index in [1.54, 1.807) is 7.11 Å². The highest BCUT2D eigenvalue weighted by molar-refractivity contribution is 6.91. The molecule has 0 saturated carbocycles. The Morgan fingerprint density at radius 1 is 0.714 bits per heavy atom. The van der Waals surface area contributed by atoms with Crippen molar-refractivity contribution in [3.05, 3.63) is 139 Å². The van der Waals surface area contributed by atoms with Gasteiger partial charge >= 0.3 is 0 Å². The average molecular weight is 1060 g/mol. The number of nitrogens with one attached hydrogen (secondary N) is 2. The number of fused-ring (bicyclic) bond motifs is 2. The summed E-state index contributed by atoms with van der Waals surface area (Å²) in [6, 6.07) is 42.4. The summed E-state index contributed by atoms with van der Waals surface area (Å²) < 4.78 is 13.2. The van der Waals surface area contributed by atoms with Crippen LogP contribution in [-0.4, -0.2) is 125 Å². The highest BCUT2D eigenvalue weighted by atomic mass is 28.3. The van der Waals surface area contributed by atoms with E-state index in [-0.39, 0.29) is 54.8 Å². The van der Waals surface area contributed by atoms with Gasteiger partial charge in [0.2, 0.25) is 5.91 Å². The van der Waals surface area contributed by atoms with Crippen LogP contribution in [0.1, 0.15) is 63.0 Å². The van der Waals surface area contributed by atoms with Gasteiger partial charge in [-0.25, -0.2) is 0 Å². The molecule has 3 N–H and O–H groups in total. The first-order valence-electron chi connectivity index (χ1n) is 27.8. The highest BCUT2D eigenvalue weighted by Crippen LogP contribution is 2.61. The van der Waals surface area contributed by atoms with Gasteiger partial charge in [-0.1, -0.05) is 85.9 Å². The molecule has 3 spiro atoms. The maximum absolute atomic E-state index is 16.2. The average Bonchev–Trinajstić information content (AvgIpc) is 4.39. The third kappa shape index (κ3) is 8.27. The van der Waals surface area contributed by atoms with E-state index in [4.69, 9.17) is 9.47 Å². The summed E-state index contributed by atoms with van der Waals surface area (Å²) in [4.78, 5) is 72.7. The molecule has 0 radical (unpaired) electrons. The zero-order valence-electron chi connectivity index (χ0n) is 44.8. The first-order chi connectivity index (χ1) is 37.3. The number of ether oxygens (including phenoxy) is 2. The van der Waals surface area contributed by atoms with Crippen LogP contribution in [0.25, 0.3) is 0 Å². The van der Waals surface area contributed by atoms with Gasteiger partial charge in [-0.3, -0.25) is 29.0 Å². The molecule has 12 rings (SSSR count). The molecular formula is C61H72N8O7Si. The number of piperidine rings is 2. The Kier molecular flexibility index (Phi) is 13.3. The van der Waals surface area contributed by atoms with E-state index in [1.165, 1.54) is 0 Å². The lowest BCUT2D eigenvalue weighted by atomic mass is 9.82. The minimum Gasteiger partial charge on any atom is -0.497 e. The fourth-order valence-electron chi connectivity index (χ4n) is 14.8. The van der Waals surface area contributed by atoms with Crippen molar-refractivity contribution in [3.63, 3.8) is 0 Å². The molecular weight excluding hydrogens is 985 g/mol. The monoisotopic (exact) mass is 1060 g/mol. The molecule has 15 nitrogen and oxygen atoms in total. The highest BCUT2D eigenvalue weighted by Gasteiger charge is 2.67. The van der Waals surface area contributed by atoms with Gasteiger partial charge in [0.1, 0.15) is 16.8 Å². The zero-order chi connectivity index (χ0) is 53.3. The van der Waals surface area contributed by atoms with E-state index in [0.29, 0.717) is 62.5 Å². The minimum absolute atomic E-state index is 0.0337. The van der Waals surface area contributed by atoms with E-state index < -0.39 is 36.8 Å². The zero-order valence-corrected chi connectivity index (χ0v) is 45.8. The molecule has 7 aliphatic rings. The predicted molar refractivity (Wildman–Crippen MR) is 302 cm³/mol. The normalized spacial score (nSPS) is 25.8. The Labute approximate surface area is 453 Å². The van der Waals surface area contributed by atoms with Gasteiger partial charge in [0.25, 0.3) is 17.7 Å². The van der Waals surface area contributed by atoms with Crippen molar-refractivity contribution in [3.8, 4) is 5.75 Å². The van der Waals surface area contributed by atoms with Crippen LogP contribution in [0.15, 0.2) is 127 Å². The number of methoxy groups -OCH3 is 1. The van der Waals surface area contributed by atoms with E-state index >= 15 is 9.59 Å². The molecule has 0 aromatic heterocycles. The molecule has 4 amide bonds. The maximum Gasteiger partial charge on any atom is 0.264 e. The van der Waals surface area contributed by atoms with Gasteiger partial charge in [-0.15, -0.1) is 0 Å². The van der Waals surface area contributed by atoms with E-state index in [2.05, 4.69) is 76.8 Å². The van der Waals surface area contributed by atoms with Crippen LogP contribution in [0.5, 0.6) is 5.75 Å². The van der Waals surface area contributed by atoms with Crippen molar-refractivity contribution in [2.45, 2.75) is 106 Å². The summed E-state index contributed by atoms with van der Waals surface area (Å²) in [6.45, 7) is 11.2. The van der Waals surface area contributed by atoms with Crippen LogP contribution < -0.4 is 45.1 Å². The largest absolute Gasteiger partial charge is 0.497 e. The van der Waals surface area contributed by atoms with E-state index in [9.17, 15) is 14.7 Å². The number of nitrogens with zero attached hydrogens (tertiary/aromatic N) is 6. The molecule has 77 heavy (non-hydrogen) atoms. The molecule has 0 aliphatic carbocycles. The number of anilines is 5. The number of hydrogen-bond donors (Lipinski definition) is 3. The Morgan fingerprint density at radius 2 is 1.27 bits per heavy atom. The van der Waals surface area contributed by atoms with Gasteiger partial charge < -0.3 is 44.8 Å². The molecule has 5 aromatic carbocycles. The number of amides is 4. The number of aliphatic hydroxyl groups is 1.